The molecule has 0 bridgehead atoms. The molecule has 0 atom stereocenters. The van der Waals surface area contributed by atoms with Gasteiger partial charge in [-0.05, 0) is 54.1 Å². The highest BCUT2D eigenvalue weighted by molar-refractivity contribution is 7.91. The molecule has 1 heterocycles. The molecule has 0 unspecified atom stereocenters. The van der Waals surface area contributed by atoms with Crippen molar-refractivity contribution in [3.8, 4) is 11.3 Å². The molecular weight excluding hydrogens is 477 g/mol. The summed E-state index contributed by atoms with van der Waals surface area (Å²) in [5.74, 6) is -0.815. The molecule has 0 radical (unpaired) electrons. The number of amides is 1. The van der Waals surface area contributed by atoms with Gasteiger partial charge in [-0.1, -0.05) is 41.9 Å². The summed E-state index contributed by atoms with van der Waals surface area (Å²) in [6.07, 6.45) is 1.34. The lowest BCUT2D eigenvalue weighted by molar-refractivity contribution is -0.115. The second-order valence-electron chi connectivity index (χ2n) is 7.63. The minimum Gasteiger partial charge on any atom is -0.312 e. The maximum atomic E-state index is 13.4. The molecule has 0 fully saturated rings. The first-order valence-electron chi connectivity index (χ1n) is 10.4. The van der Waals surface area contributed by atoms with Crippen molar-refractivity contribution in [2.24, 2.45) is 0 Å². The number of sulfone groups is 1. The molecule has 1 N–H and O–H groups in total. The van der Waals surface area contributed by atoms with Crippen LogP contribution in [0.3, 0.4) is 0 Å². The first kappa shape index (κ1) is 23.7. The van der Waals surface area contributed by atoms with Gasteiger partial charge in [-0.15, -0.1) is 0 Å². The van der Waals surface area contributed by atoms with Crippen LogP contribution in [0.2, 0.25) is 5.02 Å². The van der Waals surface area contributed by atoms with Crippen LogP contribution in [0.25, 0.3) is 11.3 Å². The molecule has 6 nitrogen and oxygen atoms in total. The van der Waals surface area contributed by atoms with E-state index in [2.05, 4.69) is 10.3 Å². The molecule has 0 aliphatic carbocycles. The quantitative estimate of drug-likeness (QED) is 0.363. The summed E-state index contributed by atoms with van der Waals surface area (Å²) >= 11 is 5.83. The summed E-state index contributed by atoms with van der Waals surface area (Å²) in [5.41, 5.74) is 2.08. The Hall–Kier alpha value is -3.49. The third kappa shape index (κ3) is 5.70. The average Bonchev–Trinajstić information content (AvgIpc) is 3.21. The summed E-state index contributed by atoms with van der Waals surface area (Å²) in [7, 11) is -3.66. The molecule has 4 rings (SSSR count). The van der Waals surface area contributed by atoms with Crippen molar-refractivity contribution in [3.05, 3.63) is 102 Å². The zero-order chi connectivity index (χ0) is 24.1. The van der Waals surface area contributed by atoms with Crippen LogP contribution in [0.4, 0.5) is 10.2 Å². The molecule has 174 valence electrons. The Morgan fingerprint density at radius 3 is 2.32 bits per heavy atom. The van der Waals surface area contributed by atoms with Crippen molar-refractivity contribution >= 4 is 33.2 Å². The van der Waals surface area contributed by atoms with Crippen molar-refractivity contribution in [1.82, 2.24) is 9.55 Å². The Morgan fingerprint density at radius 2 is 1.65 bits per heavy atom. The van der Waals surface area contributed by atoms with Crippen molar-refractivity contribution < 1.29 is 17.6 Å². The van der Waals surface area contributed by atoms with Crippen LogP contribution in [0.5, 0.6) is 0 Å². The maximum Gasteiger partial charge on any atom is 0.226 e. The van der Waals surface area contributed by atoms with Gasteiger partial charge >= 0.3 is 0 Å². The molecular formula is C25H21ClFN3O3S. The minimum absolute atomic E-state index is 0.103. The SMILES string of the molecule is O=C(CCS(=O)(=O)c1ccc(Cl)cc1)Nc1c(-c2ccc(F)cc2)ncn1Cc1ccccc1. The second-order valence-corrected chi connectivity index (χ2v) is 10.2. The van der Waals surface area contributed by atoms with E-state index in [0.717, 1.165) is 5.56 Å². The number of hydrogen-bond donors (Lipinski definition) is 1. The van der Waals surface area contributed by atoms with Gasteiger partial charge in [0.05, 0.1) is 23.5 Å². The van der Waals surface area contributed by atoms with Crippen LogP contribution < -0.4 is 5.32 Å². The van der Waals surface area contributed by atoms with Gasteiger partial charge in [-0.2, -0.15) is 0 Å². The Balaban J connectivity index is 1.56. The Morgan fingerprint density at radius 1 is 0.971 bits per heavy atom. The maximum absolute atomic E-state index is 13.4. The van der Waals surface area contributed by atoms with E-state index in [-0.39, 0.29) is 22.9 Å². The van der Waals surface area contributed by atoms with Gasteiger partial charge in [0.25, 0.3) is 0 Å². The monoisotopic (exact) mass is 497 g/mol. The number of rotatable bonds is 8. The first-order valence-corrected chi connectivity index (χ1v) is 12.5. The van der Waals surface area contributed by atoms with Crippen molar-refractivity contribution in [2.45, 2.75) is 17.9 Å². The predicted octanol–water partition coefficient (Wildman–Crippen LogP) is 5.19. The number of benzene rings is 3. The van der Waals surface area contributed by atoms with Gasteiger partial charge in [0.15, 0.2) is 9.84 Å². The molecule has 1 amide bonds. The Kier molecular flexibility index (Phi) is 7.09. The number of nitrogens with zero attached hydrogens (tertiary/aromatic N) is 2. The van der Waals surface area contributed by atoms with E-state index in [0.29, 0.717) is 28.6 Å². The third-order valence-electron chi connectivity index (χ3n) is 5.18. The van der Waals surface area contributed by atoms with E-state index in [1.54, 1.807) is 23.0 Å². The van der Waals surface area contributed by atoms with Crippen LogP contribution in [-0.4, -0.2) is 29.6 Å². The predicted molar refractivity (Wildman–Crippen MR) is 130 cm³/mol. The summed E-state index contributed by atoms with van der Waals surface area (Å²) in [5, 5.41) is 3.24. The van der Waals surface area contributed by atoms with E-state index in [1.165, 1.54) is 36.4 Å². The van der Waals surface area contributed by atoms with Crippen LogP contribution >= 0.6 is 11.6 Å². The summed E-state index contributed by atoms with van der Waals surface area (Å²) in [4.78, 5) is 17.3. The van der Waals surface area contributed by atoms with E-state index < -0.39 is 15.7 Å². The van der Waals surface area contributed by atoms with Gasteiger partial charge in [0.2, 0.25) is 5.91 Å². The van der Waals surface area contributed by atoms with Gasteiger partial charge in [-0.25, -0.2) is 17.8 Å². The summed E-state index contributed by atoms with van der Waals surface area (Å²) < 4.78 is 40.4. The number of carbonyl (C=O) groups is 1. The lowest BCUT2D eigenvalue weighted by Crippen LogP contribution is -2.19. The molecule has 0 saturated heterocycles. The number of aromatic nitrogens is 2. The van der Waals surface area contributed by atoms with Gasteiger partial charge in [0.1, 0.15) is 17.3 Å². The summed E-state index contributed by atoms with van der Waals surface area (Å²) in [6.45, 7) is 0.438. The Bertz CT molecular complexity index is 1390. The molecule has 1 aromatic heterocycles. The lowest BCUT2D eigenvalue weighted by Gasteiger charge is -2.12. The molecule has 0 saturated carbocycles. The molecule has 9 heteroatoms. The third-order valence-corrected chi connectivity index (χ3v) is 7.16. The number of anilines is 1. The highest BCUT2D eigenvalue weighted by Crippen LogP contribution is 2.28. The fourth-order valence-corrected chi connectivity index (χ4v) is 4.78. The fraction of sp³-hybridized carbons (Fsp3) is 0.120. The smallest absolute Gasteiger partial charge is 0.226 e. The molecule has 0 aliphatic heterocycles. The number of hydrogen-bond acceptors (Lipinski definition) is 4. The van der Waals surface area contributed by atoms with Gasteiger partial charge < -0.3 is 9.88 Å². The molecule has 0 spiro atoms. The van der Waals surface area contributed by atoms with Crippen LogP contribution in [0, 0.1) is 5.82 Å². The first-order chi connectivity index (χ1) is 16.3. The topological polar surface area (TPSA) is 81.1 Å². The highest BCUT2D eigenvalue weighted by Gasteiger charge is 2.20. The van der Waals surface area contributed by atoms with Crippen LogP contribution in [0.1, 0.15) is 12.0 Å². The highest BCUT2D eigenvalue weighted by atomic mass is 35.5. The van der Waals surface area contributed by atoms with Crippen molar-refractivity contribution in [3.63, 3.8) is 0 Å². The minimum atomic E-state index is -3.66. The van der Waals surface area contributed by atoms with Crippen LogP contribution in [0.15, 0.2) is 90.1 Å². The number of imidazole rings is 1. The number of halogens is 2. The van der Waals surface area contributed by atoms with Gasteiger partial charge in [-0.3, -0.25) is 4.79 Å². The van der Waals surface area contributed by atoms with E-state index in [9.17, 15) is 17.6 Å². The molecule has 3 aromatic carbocycles. The zero-order valence-corrected chi connectivity index (χ0v) is 19.6. The van der Waals surface area contributed by atoms with Crippen molar-refractivity contribution in [1.29, 1.82) is 0 Å². The summed E-state index contributed by atoms with van der Waals surface area (Å²) in [6, 6.07) is 21.2. The number of carbonyl (C=O) groups excluding carboxylic acids is 1. The molecule has 34 heavy (non-hydrogen) atoms. The van der Waals surface area contributed by atoms with Crippen LogP contribution in [-0.2, 0) is 21.2 Å². The van der Waals surface area contributed by atoms with E-state index >= 15 is 0 Å². The van der Waals surface area contributed by atoms with Crippen molar-refractivity contribution in [2.75, 3.05) is 11.1 Å². The standard InChI is InChI=1S/C25H21ClFN3O3S/c26-20-8-12-22(13-9-20)34(32,33)15-14-23(31)29-25-24(19-6-10-21(27)11-7-19)28-17-30(25)16-18-4-2-1-3-5-18/h1-13,17H,14-16H2,(H,29,31). The zero-order valence-electron chi connectivity index (χ0n) is 18.0. The Labute approximate surface area is 202 Å². The van der Waals surface area contributed by atoms with E-state index in [4.69, 9.17) is 11.6 Å². The van der Waals surface area contributed by atoms with E-state index in [1.807, 2.05) is 30.3 Å². The lowest BCUT2D eigenvalue weighted by atomic mass is 10.1. The largest absolute Gasteiger partial charge is 0.312 e. The fourth-order valence-electron chi connectivity index (χ4n) is 3.41. The molecule has 4 aromatic rings. The number of nitrogens with one attached hydrogen (secondary N) is 1. The second kappa shape index (κ2) is 10.2. The normalized spacial score (nSPS) is 11.4. The molecule has 0 aliphatic rings. The average molecular weight is 498 g/mol. The van der Waals surface area contributed by atoms with Gasteiger partial charge in [0, 0.05) is 17.0 Å².